The normalized spacial score (nSPS) is 24.5. The maximum absolute atomic E-state index is 9.99. The van der Waals surface area contributed by atoms with E-state index in [-0.39, 0.29) is 40.5 Å². The fourth-order valence-corrected chi connectivity index (χ4v) is 0.919. The van der Waals surface area contributed by atoms with Gasteiger partial charge in [-0.1, -0.05) is 0 Å². The third kappa shape index (κ3) is 2.38. The number of rotatable bonds is 0. The molecule has 1 fully saturated rings. The van der Waals surface area contributed by atoms with E-state index >= 15 is 0 Å². The number of hydrogen-bond donors (Lipinski definition) is 0. The van der Waals surface area contributed by atoms with Crippen LogP contribution in [0.15, 0.2) is 0 Å². The molecule has 0 atom stereocenters. The molecule has 0 aromatic rings. The minimum Gasteiger partial charge on any atom is -0.246 e. The van der Waals surface area contributed by atoms with E-state index in [4.69, 9.17) is 0 Å². The molecule has 0 unspecified atom stereocenters. The van der Waals surface area contributed by atoms with Crippen molar-refractivity contribution in [2.75, 3.05) is 13.2 Å². The van der Waals surface area contributed by atoms with Crippen molar-refractivity contribution in [1.82, 2.24) is 0 Å². The summed E-state index contributed by atoms with van der Waals surface area (Å²) in [7, 11) is -3.55. The van der Waals surface area contributed by atoms with E-state index in [9.17, 15) is 8.42 Å². The molecule has 1 saturated heterocycles. The van der Waals surface area contributed by atoms with E-state index < -0.39 is 10.4 Å². The summed E-state index contributed by atoms with van der Waals surface area (Å²) in [5, 5.41) is 0. The summed E-state index contributed by atoms with van der Waals surface area (Å²) in [5.41, 5.74) is 0. The monoisotopic (exact) mass is 332 g/mol. The van der Waals surface area contributed by atoms with Crippen molar-refractivity contribution in [2.24, 2.45) is 0 Å². The fourth-order valence-electron chi connectivity index (χ4n) is 0.306. The van der Waals surface area contributed by atoms with Crippen molar-refractivity contribution in [3.05, 3.63) is 0 Å². The zero-order valence-electron chi connectivity index (χ0n) is 3.96. The molecule has 6 heteroatoms. The van der Waals surface area contributed by atoms with E-state index in [0.29, 0.717) is 0 Å². The predicted octanol–water partition coefficient (Wildman–Crippen LogP) is -1.10. The second kappa shape index (κ2) is 3.09. The van der Waals surface area contributed by atoms with Crippen LogP contribution in [0.3, 0.4) is 0 Å². The Morgan fingerprint density at radius 2 is 1.50 bits per heavy atom. The van der Waals surface area contributed by atoms with E-state index in [2.05, 4.69) is 8.37 Å². The van der Waals surface area contributed by atoms with Gasteiger partial charge in [0.25, 0.3) is 0 Å². The largest absolute Gasteiger partial charge is 0.400 e. The molecule has 4 nitrogen and oxygen atoms in total. The molecule has 0 aromatic carbocycles. The summed E-state index contributed by atoms with van der Waals surface area (Å²) >= 11 is 0. The quantitative estimate of drug-likeness (QED) is 0.529. The van der Waals surface area contributed by atoms with Crippen LogP contribution in [0.4, 0.5) is 0 Å². The Kier molecular flexibility index (Phi) is 3.39. The Morgan fingerprint density at radius 1 is 1.12 bits per heavy atom. The van der Waals surface area contributed by atoms with Gasteiger partial charge in [-0.2, -0.15) is 8.42 Å². The molecule has 46 valence electrons. The molecule has 0 amide bonds. The van der Waals surface area contributed by atoms with Crippen molar-refractivity contribution >= 4 is 37.7 Å². The zero-order valence-corrected chi connectivity index (χ0v) is 8.66. The molecule has 0 aromatic heterocycles. The first-order chi connectivity index (χ1) is 3.21. The second-order valence-electron chi connectivity index (χ2n) is 1.05. The first-order valence-corrected chi connectivity index (χ1v) is 3.08. The molecule has 1 rings (SSSR count). The minimum absolute atomic E-state index is 0. The standard InChI is InChI=1S/C2H4O4S.Pb/c3-7(4)5-1-2-6-7;/h1-2H2;. The van der Waals surface area contributed by atoms with Crippen LogP contribution in [-0.4, -0.2) is 48.9 Å². The average molecular weight is 331 g/mol. The summed E-state index contributed by atoms with van der Waals surface area (Å²) in [6.07, 6.45) is 0. The van der Waals surface area contributed by atoms with E-state index in [0.717, 1.165) is 0 Å². The second-order valence-corrected chi connectivity index (χ2v) is 2.34. The summed E-state index contributed by atoms with van der Waals surface area (Å²) in [4.78, 5) is 0. The summed E-state index contributed by atoms with van der Waals surface area (Å²) in [6, 6.07) is 0. The smallest absolute Gasteiger partial charge is 0.246 e. The Bertz CT molecular complexity index is 137. The number of hydrogen-bond acceptors (Lipinski definition) is 4. The van der Waals surface area contributed by atoms with Gasteiger partial charge >= 0.3 is 10.4 Å². The Balaban J connectivity index is 0.000000490. The van der Waals surface area contributed by atoms with Crippen LogP contribution in [0.25, 0.3) is 0 Å². The van der Waals surface area contributed by atoms with Gasteiger partial charge in [0.15, 0.2) is 0 Å². The van der Waals surface area contributed by atoms with Crippen molar-refractivity contribution in [3.63, 3.8) is 0 Å². The molecule has 1 aliphatic rings. The van der Waals surface area contributed by atoms with E-state index in [1.807, 2.05) is 0 Å². The predicted molar refractivity (Wildman–Crippen MR) is 26.6 cm³/mol. The maximum atomic E-state index is 9.99. The minimum atomic E-state index is -3.55. The van der Waals surface area contributed by atoms with Gasteiger partial charge in [-0.25, -0.2) is 8.37 Å². The molecule has 0 spiro atoms. The Morgan fingerprint density at radius 3 is 1.62 bits per heavy atom. The van der Waals surface area contributed by atoms with Crippen LogP contribution in [0, 0.1) is 0 Å². The van der Waals surface area contributed by atoms with Gasteiger partial charge < -0.3 is 0 Å². The van der Waals surface area contributed by atoms with Crippen LogP contribution in [0.1, 0.15) is 0 Å². The Labute approximate surface area is 67.7 Å². The van der Waals surface area contributed by atoms with Gasteiger partial charge in [0.05, 0.1) is 13.2 Å². The van der Waals surface area contributed by atoms with Crippen LogP contribution in [0.5, 0.6) is 0 Å². The zero-order chi connectivity index (χ0) is 5.33. The van der Waals surface area contributed by atoms with Gasteiger partial charge in [0.1, 0.15) is 0 Å². The molecule has 1 heterocycles. The SMILES string of the molecule is O=S1(=O)OCCO1.[Pb]. The van der Waals surface area contributed by atoms with Gasteiger partial charge in [-0.05, 0) is 0 Å². The summed E-state index contributed by atoms with van der Waals surface area (Å²) in [5.74, 6) is 0. The van der Waals surface area contributed by atoms with Crippen molar-refractivity contribution in [1.29, 1.82) is 0 Å². The third-order valence-electron chi connectivity index (χ3n) is 0.539. The van der Waals surface area contributed by atoms with Gasteiger partial charge in [0.2, 0.25) is 0 Å². The summed E-state index contributed by atoms with van der Waals surface area (Å²) in [6.45, 7) is 0.310. The molecular weight excluding hydrogens is 327 g/mol. The van der Waals surface area contributed by atoms with Gasteiger partial charge in [-0.15, -0.1) is 0 Å². The van der Waals surface area contributed by atoms with Crippen LogP contribution in [0.2, 0.25) is 0 Å². The third-order valence-corrected chi connectivity index (χ3v) is 1.45. The van der Waals surface area contributed by atoms with Crippen molar-refractivity contribution in [3.8, 4) is 0 Å². The van der Waals surface area contributed by atoms with Crippen LogP contribution in [-0.2, 0) is 18.8 Å². The first-order valence-electron chi connectivity index (χ1n) is 1.74. The molecule has 0 aliphatic carbocycles. The van der Waals surface area contributed by atoms with Crippen LogP contribution >= 0.6 is 0 Å². The van der Waals surface area contributed by atoms with E-state index in [1.54, 1.807) is 0 Å². The molecule has 8 heavy (non-hydrogen) atoms. The molecule has 0 bridgehead atoms. The maximum Gasteiger partial charge on any atom is 0.400 e. The molecule has 0 N–H and O–H groups in total. The average Bonchev–Trinajstić information content (AvgIpc) is 1.84. The van der Waals surface area contributed by atoms with E-state index in [1.165, 1.54) is 0 Å². The summed E-state index contributed by atoms with van der Waals surface area (Å²) < 4.78 is 28.2. The first kappa shape index (κ1) is 8.79. The molecular formula is C2H4O4PbS. The molecule has 0 saturated carbocycles. The van der Waals surface area contributed by atoms with Crippen molar-refractivity contribution < 1.29 is 16.8 Å². The fraction of sp³-hybridized carbons (Fsp3) is 1.00. The Hall–Kier alpha value is 0.792. The van der Waals surface area contributed by atoms with Gasteiger partial charge in [-0.3, -0.25) is 0 Å². The van der Waals surface area contributed by atoms with Crippen LogP contribution < -0.4 is 0 Å². The van der Waals surface area contributed by atoms with Crippen molar-refractivity contribution in [2.45, 2.75) is 0 Å². The molecule has 4 radical (unpaired) electrons. The molecule has 1 aliphatic heterocycles. The van der Waals surface area contributed by atoms with Gasteiger partial charge in [0, 0.05) is 27.3 Å². The topological polar surface area (TPSA) is 52.6 Å².